The second kappa shape index (κ2) is 4.91. The summed E-state index contributed by atoms with van der Waals surface area (Å²) in [6.45, 7) is 4.75. The summed E-state index contributed by atoms with van der Waals surface area (Å²) in [6.07, 6.45) is 1.61. The lowest BCUT2D eigenvalue weighted by molar-refractivity contribution is -0.148. The Morgan fingerprint density at radius 2 is 2.17 bits per heavy atom. The van der Waals surface area contributed by atoms with Crippen LogP contribution >= 0.6 is 0 Å². The zero-order chi connectivity index (χ0) is 17.0. The molecule has 1 aliphatic carbocycles. The molecule has 2 heterocycles. The average Bonchev–Trinajstić information content (AvgIpc) is 2.83. The fourth-order valence-electron chi connectivity index (χ4n) is 4.25. The van der Waals surface area contributed by atoms with Gasteiger partial charge in [-0.3, -0.25) is 9.59 Å². The van der Waals surface area contributed by atoms with Gasteiger partial charge in [0.15, 0.2) is 5.82 Å². The molecule has 1 aromatic rings. The number of carbonyl (C=O) groups is 2. The molecule has 0 unspecified atom stereocenters. The predicted octanol–water partition coefficient (Wildman–Crippen LogP) is 1.20. The first-order valence-electron chi connectivity index (χ1n) is 7.50. The first-order chi connectivity index (χ1) is 10.7. The maximum absolute atomic E-state index is 14.0. The lowest BCUT2D eigenvalue weighted by Crippen LogP contribution is -2.59. The maximum Gasteiger partial charge on any atom is 0.257 e. The van der Waals surface area contributed by atoms with E-state index < -0.39 is 17.1 Å². The first kappa shape index (κ1) is 15.7. The molecule has 2 aliphatic rings. The van der Waals surface area contributed by atoms with Crippen LogP contribution in [0.4, 0.5) is 4.39 Å². The lowest BCUT2D eigenvalue weighted by Gasteiger charge is -2.54. The van der Waals surface area contributed by atoms with E-state index in [1.807, 2.05) is 0 Å². The molecule has 1 saturated heterocycles. The summed E-state index contributed by atoms with van der Waals surface area (Å²) < 4.78 is 18.9. The van der Waals surface area contributed by atoms with Crippen LogP contribution in [0.15, 0.2) is 12.3 Å². The molecule has 2 atom stereocenters. The van der Waals surface area contributed by atoms with Crippen molar-refractivity contribution < 1.29 is 18.7 Å². The molecule has 6 nitrogen and oxygen atoms in total. The Balaban J connectivity index is 1.89. The van der Waals surface area contributed by atoms with Crippen molar-refractivity contribution in [3.05, 3.63) is 23.6 Å². The normalized spacial score (nSPS) is 28.0. The van der Waals surface area contributed by atoms with Crippen LogP contribution in [0.2, 0.25) is 0 Å². The zero-order valence-electron chi connectivity index (χ0n) is 13.4. The molecule has 2 N–H and O–H groups in total. The molecule has 0 radical (unpaired) electrons. The van der Waals surface area contributed by atoms with Gasteiger partial charge in [0.2, 0.25) is 11.8 Å². The third kappa shape index (κ3) is 2.17. The Kier molecular flexibility index (Phi) is 3.35. The van der Waals surface area contributed by atoms with Crippen molar-refractivity contribution in [1.82, 2.24) is 9.88 Å². The number of primary amides is 1. The number of fused-ring (bicyclic) bond motifs is 1. The Bertz CT molecular complexity index is 691. The quantitative estimate of drug-likeness (QED) is 0.906. The summed E-state index contributed by atoms with van der Waals surface area (Å²) in [5, 5.41) is 0. The number of nitrogens with zero attached hydrogens (tertiary/aromatic N) is 2. The van der Waals surface area contributed by atoms with Gasteiger partial charge in [0.05, 0.1) is 24.3 Å². The van der Waals surface area contributed by atoms with E-state index in [9.17, 15) is 14.0 Å². The van der Waals surface area contributed by atoms with Gasteiger partial charge in [-0.15, -0.1) is 0 Å². The highest BCUT2D eigenvalue weighted by Gasteiger charge is 2.66. The number of ether oxygens (including phenoxy) is 1. The van der Waals surface area contributed by atoms with Crippen LogP contribution in [0, 0.1) is 22.6 Å². The number of hydrogen-bond acceptors (Lipinski definition) is 4. The van der Waals surface area contributed by atoms with Crippen LogP contribution < -0.4 is 10.5 Å². The Morgan fingerprint density at radius 1 is 1.48 bits per heavy atom. The van der Waals surface area contributed by atoms with Crippen molar-refractivity contribution >= 4 is 11.8 Å². The minimum absolute atomic E-state index is 0.00300. The zero-order valence-corrected chi connectivity index (χ0v) is 13.4. The number of likely N-dealkylation sites (tertiary alicyclic amines) is 1. The highest BCUT2D eigenvalue weighted by Crippen LogP contribution is 2.62. The number of nitrogens with two attached hydrogens (primary N) is 1. The van der Waals surface area contributed by atoms with E-state index in [-0.39, 0.29) is 35.2 Å². The summed E-state index contributed by atoms with van der Waals surface area (Å²) >= 11 is 0. The molecule has 0 spiro atoms. The van der Waals surface area contributed by atoms with E-state index in [1.165, 1.54) is 18.1 Å². The van der Waals surface area contributed by atoms with Gasteiger partial charge in [0.25, 0.3) is 5.91 Å². The topological polar surface area (TPSA) is 85.5 Å². The molecule has 3 rings (SSSR count). The van der Waals surface area contributed by atoms with Gasteiger partial charge in [0.1, 0.15) is 0 Å². The number of aromatic nitrogens is 1. The van der Waals surface area contributed by atoms with Crippen LogP contribution in [0.3, 0.4) is 0 Å². The summed E-state index contributed by atoms with van der Waals surface area (Å²) in [7, 11) is 1.40. The Hall–Kier alpha value is -2.18. The highest BCUT2D eigenvalue weighted by atomic mass is 19.1. The number of pyridine rings is 1. The molecule has 0 aromatic carbocycles. The van der Waals surface area contributed by atoms with Gasteiger partial charge in [-0.25, -0.2) is 9.37 Å². The van der Waals surface area contributed by atoms with Crippen LogP contribution in [0.1, 0.15) is 30.6 Å². The van der Waals surface area contributed by atoms with E-state index >= 15 is 0 Å². The minimum Gasteiger partial charge on any atom is -0.481 e. The molecule has 1 saturated carbocycles. The van der Waals surface area contributed by atoms with Crippen LogP contribution in [-0.2, 0) is 4.79 Å². The highest BCUT2D eigenvalue weighted by molar-refractivity contribution is 5.96. The van der Waals surface area contributed by atoms with Gasteiger partial charge in [-0.1, -0.05) is 13.8 Å². The predicted molar refractivity (Wildman–Crippen MR) is 80.2 cm³/mol. The largest absolute Gasteiger partial charge is 0.481 e. The number of hydrogen-bond donors (Lipinski definition) is 1. The van der Waals surface area contributed by atoms with Crippen molar-refractivity contribution in [3.8, 4) is 5.88 Å². The number of amides is 2. The summed E-state index contributed by atoms with van der Waals surface area (Å²) in [6, 6.07) is 1.28. The molecule has 2 fully saturated rings. The molecule has 7 heteroatoms. The maximum atomic E-state index is 14.0. The number of halogens is 1. The number of rotatable bonds is 3. The summed E-state index contributed by atoms with van der Waals surface area (Å²) in [5.41, 5.74) is 4.74. The molecule has 23 heavy (non-hydrogen) atoms. The SMILES string of the molecule is COc1cc(C(=O)N2C[C@@H]3C(C)(C)C[C@]3(C(N)=O)C2)c(F)cn1. The molecule has 2 amide bonds. The van der Waals surface area contributed by atoms with Gasteiger partial charge in [0, 0.05) is 19.2 Å². The van der Waals surface area contributed by atoms with Crippen molar-refractivity contribution in [2.24, 2.45) is 22.5 Å². The van der Waals surface area contributed by atoms with E-state index in [1.54, 1.807) is 0 Å². The van der Waals surface area contributed by atoms with E-state index in [0.29, 0.717) is 13.0 Å². The lowest BCUT2D eigenvalue weighted by atomic mass is 9.48. The molecule has 124 valence electrons. The third-order valence-corrected chi connectivity index (χ3v) is 5.31. The molecule has 1 aliphatic heterocycles. The van der Waals surface area contributed by atoms with Gasteiger partial charge >= 0.3 is 0 Å². The van der Waals surface area contributed by atoms with Gasteiger partial charge in [-0.05, 0) is 17.8 Å². The monoisotopic (exact) mass is 321 g/mol. The summed E-state index contributed by atoms with van der Waals surface area (Å²) in [5.74, 6) is -1.38. The van der Waals surface area contributed by atoms with Crippen LogP contribution in [0.25, 0.3) is 0 Å². The Morgan fingerprint density at radius 3 is 2.70 bits per heavy atom. The van der Waals surface area contributed by atoms with E-state index in [0.717, 1.165) is 6.20 Å². The third-order valence-electron chi connectivity index (χ3n) is 5.31. The van der Waals surface area contributed by atoms with Gasteiger partial charge < -0.3 is 15.4 Å². The van der Waals surface area contributed by atoms with E-state index in [4.69, 9.17) is 10.5 Å². The first-order valence-corrected chi connectivity index (χ1v) is 7.50. The minimum atomic E-state index is -0.706. The number of methoxy groups -OCH3 is 1. The standard InChI is InChI=1S/C16H20FN3O3/c1-15(2)7-16(14(18)22)8-20(6-11(15)16)13(21)9-4-12(23-3)19-5-10(9)17/h4-5,11H,6-8H2,1-3H3,(H2,18,22)/t11-,16+/m1/s1. The molecular weight excluding hydrogens is 301 g/mol. The fourth-order valence-corrected chi connectivity index (χ4v) is 4.25. The molecule has 1 aromatic heterocycles. The molecule has 0 bridgehead atoms. The number of carbonyl (C=O) groups excluding carboxylic acids is 2. The van der Waals surface area contributed by atoms with Crippen LogP contribution in [0.5, 0.6) is 5.88 Å². The second-order valence-corrected chi connectivity index (χ2v) is 7.13. The van der Waals surface area contributed by atoms with Crippen molar-refractivity contribution in [1.29, 1.82) is 0 Å². The molecular formula is C16H20FN3O3. The second-order valence-electron chi connectivity index (χ2n) is 7.13. The van der Waals surface area contributed by atoms with Gasteiger partial charge in [-0.2, -0.15) is 0 Å². The van der Waals surface area contributed by atoms with Crippen molar-refractivity contribution in [2.75, 3.05) is 20.2 Å². The van der Waals surface area contributed by atoms with Crippen molar-refractivity contribution in [3.63, 3.8) is 0 Å². The Labute approximate surface area is 133 Å². The van der Waals surface area contributed by atoms with E-state index in [2.05, 4.69) is 18.8 Å². The summed E-state index contributed by atoms with van der Waals surface area (Å²) in [4.78, 5) is 29.9. The van der Waals surface area contributed by atoms with Crippen LogP contribution in [-0.4, -0.2) is 41.9 Å². The van der Waals surface area contributed by atoms with Crippen molar-refractivity contribution in [2.45, 2.75) is 20.3 Å². The average molecular weight is 321 g/mol. The smallest absolute Gasteiger partial charge is 0.257 e. The fraction of sp³-hybridized carbons (Fsp3) is 0.562.